The zero-order valence-corrected chi connectivity index (χ0v) is 14.5. The van der Waals surface area contributed by atoms with Crippen molar-refractivity contribution in [2.45, 2.75) is 52.2 Å². The molecule has 0 aliphatic carbocycles. The molecule has 0 saturated heterocycles. The van der Waals surface area contributed by atoms with Gasteiger partial charge < -0.3 is 20.3 Å². The number of hydrogen-bond donors (Lipinski definition) is 2. The first-order valence-corrected chi connectivity index (χ1v) is 8.05. The third-order valence-electron chi connectivity index (χ3n) is 4.34. The maximum Gasteiger partial charge on any atom is 0.225 e. The number of aryl methyl sites for hydroxylation is 2. The van der Waals surface area contributed by atoms with E-state index in [1.165, 1.54) is 0 Å². The summed E-state index contributed by atoms with van der Waals surface area (Å²) in [6.07, 6.45) is 0.924. The number of rotatable bonds is 3. The summed E-state index contributed by atoms with van der Waals surface area (Å²) >= 11 is 0. The molecule has 0 fully saturated rings. The highest BCUT2D eigenvalue weighted by molar-refractivity contribution is 5.79. The molecule has 0 bridgehead atoms. The van der Waals surface area contributed by atoms with Crippen molar-refractivity contribution in [3.63, 3.8) is 0 Å². The summed E-state index contributed by atoms with van der Waals surface area (Å²) in [4.78, 5) is 12.5. The standard InChI is InChI=1S/C18H23N3O3/c1-10-13(11(2)24-21-10)8-17(22)20-15-9-18(3,4)23-16-6-5-12(19)7-14(15)16/h5-7,15H,8-9,19H2,1-4H3,(H,20,22). The molecule has 2 heterocycles. The summed E-state index contributed by atoms with van der Waals surface area (Å²) < 4.78 is 11.1. The zero-order valence-electron chi connectivity index (χ0n) is 14.5. The van der Waals surface area contributed by atoms with Crippen molar-refractivity contribution in [2.75, 3.05) is 5.73 Å². The van der Waals surface area contributed by atoms with Crippen LogP contribution in [0.15, 0.2) is 22.7 Å². The van der Waals surface area contributed by atoms with E-state index < -0.39 is 0 Å². The molecule has 1 aliphatic heterocycles. The molecule has 0 spiro atoms. The van der Waals surface area contributed by atoms with Crippen LogP contribution in [0.25, 0.3) is 0 Å². The van der Waals surface area contributed by atoms with E-state index in [1.807, 2.05) is 45.9 Å². The number of carbonyl (C=O) groups excluding carboxylic acids is 1. The largest absolute Gasteiger partial charge is 0.487 e. The van der Waals surface area contributed by atoms with Gasteiger partial charge >= 0.3 is 0 Å². The average Bonchev–Trinajstić information content (AvgIpc) is 2.79. The molecule has 6 heteroatoms. The number of carbonyl (C=O) groups is 1. The van der Waals surface area contributed by atoms with Crippen molar-refractivity contribution < 1.29 is 14.1 Å². The topological polar surface area (TPSA) is 90.4 Å². The highest BCUT2D eigenvalue weighted by atomic mass is 16.5. The van der Waals surface area contributed by atoms with E-state index in [9.17, 15) is 4.79 Å². The third-order valence-corrected chi connectivity index (χ3v) is 4.34. The summed E-state index contributed by atoms with van der Waals surface area (Å²) in [6.45, 7) is 7.68. The van der Waals surface area contributed by atoms with Crippen LogP contribution >= 0.6 is 0 Å². The lowest BCUT2D eigenvalue weighted by Gasteiger charge is -2.38. The fraction of sp³-hybridized carbons (Fsp3) is 0.444. The van der Waals surface area contributed by atoms with Crippen molar-refractivity contribution in [1.82, 2.24) is 10.5 Å². The lowest BCUT2D eigenvalue weighted by molar-refractivity contribution is -0.121. The van der Waals surface area contributed by atoms with Gasteiger partial charge in [-0.05, 0) is 45.9 Å². The molecule has 6 nitrogen and oxygen atoms in total. The van der Waals surface area contributed by atoms with Crippen LogP contribution in [0.5, 0.6) is 5.75 Å². The summed E-state index contributed by atoms with van der Waals surface area (Å²) in [5, 5.41) is 7.00. The molecule has 1 aliphatic rings. The number of nitrogens with zero attached hydrogens (tertiary/aromatic N) is 1. The molecule has 24 heavy (non-hydrogen) atoms. The van der Waals surface area contributed by atoms with Gasteiger partial charge in [0.05, 0.1) is 18.2 Å². The first kappa shape index (κ1) is 16.4. The minimum Gasteiger partial charge on any atom is -0.487 e. The van der Waals surface area contributed by atoms with E-state index in [4.69, 9.17) is 15.0 Å². The second kappa shape index (κ2) is 5.85. The normalized spacial score (nSPS) is 18.6. The Morgan fingerprint density at radius 1 is 1.42 bits per heavy atom. The molecular weight excluding hydrogens is 306 g/mol. The molecule has 1 atom stereocenters. The Morgan fingerprint density at radius 3 is 2.83 bits per heavy atom. The van der Waals surface area contributed by atoms with Gasteiger partial charge in [-0.3, -0.25) is 4.79 Å². The second-order valence-corrected chi connectivity index (χ2v) is 6.96. The van der Waals surface area contributed by atoms with Crippen molar-refractivity contribution in [3.05, 3.63) is 40.8 Å². The fourth-order valence-corrected chi connectivity index (χ4v) is 3.16. The van der Waals surface area contributed by atoms with E-state index in [-0.39, 0.29) is 24.0 Å². The number of amides is 1. The molecule has 1 aromatic heterocycles. The van der Waals surface area contributed by atoms with Crippen molar-refractivity contribution in [2.24, 2.45) is 0 Å². The molecule has 1 unspecified atom stereocenters. The van der Waals surface area contributed by atoms with Gasteiger partial charge in [-0.15, -0.1) is 0 Å². The maximum atomic E-state index is 12.5. The van der Waals surface area contributed by atoms with Gasteiger partial charge in [-0.25, -0.2) is 0 Å². The SMILES string of the molecule is Cc1noc(C)c1CC(=O)NC1CC(C)(C)Oc2ccc(N)cc21. The molecule has 128 valence electrons. The third kappa shape index (κ3) is 3.22. The van der Waals surface area contributed by atoms with Gasteiger partial charge in [0.2, 0.25) is 5.91 Å². The van der Waals surface area contributed by atoms with Gasteiger partial charge in [-0.1, -0.05) is 5.16 Å². The number of nitrogens with two attached hydrogens (primary N) is 1. The lowest BCUT2D eigenvalue weighted by atomic mass is 9.89. The molecule has 0 saturated carbocycles. The maximum absolute atomic E-state index is 12.5. The number of ether oxygens (including phenoxy) is 1. The van der Waals surface area contributed by atoms with Gasteiger partial charge in [0.15, 0.2) is 0 Å². The van der Waals surface area contributed by atoms with Crippen LogP contribution in [0.3, 0.4) is 0 Å². The monoisotopic (exact) mass is 329 g/mol. The van der Waals surface area contributed by atoms with Gasteiger partial charge in [-0.2, -0.15) is 0 Å². The summed E-state index contributed by atoms with van der Waals surface area (Å²) in [5.74, 6) is 1.38. The number of hydrogen-bond acceptors (Lipinski definition) is 5. The highest BCUT2D eigenvalue weighted by Crippen LogP contribution is 2.40. The molecule has 1 amide bonds. The summed E-state index contributed by atoms with van der Waals surface area (Å²) in [7, 11) is 0. The van der Waals surface area contributed by atoms with Gasteiger partial charge in [0.1, 0.15) is 17.1 Å². The first-order chi connectivity index (χ1) is 11.2. The average molecular weight is 329 g/mol. The first-order valence-electron chi connectivity index (χ1n) is 8.05. The summed E-state index contributed by atoms with van der Waals surface area (Å²) in [6, 6.07) is 5.40. The van der Waals surface area contributed by atoms with Crippen LogP contribution in [-0.4, -0.2) is 16.7 Å². The van der Waals surface area contributed by atoms with E-state index >= 15 is 0 Å². The molecule has 2 aromatic rings. The smallest absolute Gasteiger partial charge is 0.225 e. The molecule has 3 rings (SSSR count). The van der Waals surface area contributed by atoms with E-state index in [0.29, 0.717) is 17.9 Å². The van der Waals surface area contributed by atoms with Crippen LogP contribution in [0.1, 0.15) is 48.9 Å². The van der Waals surface area contributed by atoms with Crippen molar-refractivity contribution in [3.8, 4) is 5.75 Å². The van der Waals surface area contributed by atoms with Crippen molar-refractivity contribution >= 4 is 11.6 Å². The zero-order chi connectivity index (χ0) is 17.5. The number of benzene rings is 1. The minimum atomic E-state index is -0.357. The van der Waals surface area contributed by atoms with Crippen LogP contribution in [0, 0.1) is 13.8 Å². The Bertz CT molecular complexity index is 760. The Balaban J connectivity index is 1.81. The van der Waals surface area contributed by atoms with E-state index in [2.05, 4.69) is 10.5 Å². The van der Waals surface area contributed by atoms with Crippen LogP contribution in [0.2, 0.25) is 0 Å². The van der Waals surface area contributed by atoms with Crippen LogP contribution in [-0.2, 0) is 11.2 Å². The number of nitrogens with one attached hydrogen (secondary N) is 1. The van der Waals surface area contributed by atoms with Crippen molar-refractivity contribution in [1.29, 1.82) is 0 Å². The highest BCUT2D eigenvalue weighted by Gasteiger charge is 2.34. The number of fused-ring (bicyclic) bond motifs is 1. The van der Waals surface area contributed by atoms with Crippen LogP contribution < -0.4 is 15.8 Å². The molecule has 3 N–H and O–H groups in total. The predicted octanol–water partition coefficient (Wildman–Crippen LogP) is 2.83. The molecular formula is C18H23N3O3. The van der Waals surface area contributed by atoms with Gasteiger partial charge in [0.25, 0.3) is 0 Å². The van der Waals surface area contributed by atoms with Crippen LogP contribution in [0.4, 0.5) is 5.69 Å². The minimum absolute atomic E-state index is 0.0690. The Hall–Kier alpha value is -2.50. The number of aromatic nitrogens is 1. The van der Waals surface area contributed by atoms with E-state index in [1.54, 1.807) is 0 Å². The Labute approximate surface area is 141 Å². The van der Waals surface area contributed by atoms with E-state index in [0.717, 1.165) is 22.6 Å². The quantitative estimate of drug-likeness (QED) is 0.845. The number of nitrogen functional groups attached to an aromatic ring is 1. The molecule has 0 radical (unpaired) electrons. The van der Waals surface area contributed by atoms with Gasteiger partial charge in [0, 0.05) is 23.2 Å². The number of anilines is 1. The Morgan fingerprint density at radius 2 is 2.17 bits per heavy atom. The molecule has 1 aromatic carbocycles. The fourth-order valence-electron chi connectivity index (χ4n) is 3.16. The lowest BCUT2D eigenvalue weighted by Crippen LogP contribution is -2.41. The second-order valence-electron chi connectivity index (χ2n) is 6.96. The summed E-state index contributed by atoms with van der Waals surface area (Å²) in [5.41, 5.74) is 8.71. The predicted molar refractivity (Wildman–Crippen MR) is 90.7 cm³/mol. The Kier molecular flexibility index (Phi) is 3.99.